The van der Waals surface area contributed by atoms with E-state index in [0.717, 1.165) is 22.9 Å². The highest BCUT2D eigenvalue weighted by atomic mass is 35.5. The van der Waals surface area contributed by atoms with Crippen LogP contribution in [-0.2, 0) is 16.5 Å². The van der Waals surface area contributed by atoms with Crippen LogP contribution in [0.3, 0.4) is 0 Å². The first-order valence-corrected chi connectivity index (χ1v) is 10.4. The van der Waals surface area contributed by atoms with Crippen molar-refractivity contribution in [3.05, 3.63) is 82.4 Å². The summed E-state index contributed by atoms with van der Waals surface area (Å²) in [4.78, 5) is 16.5. The summed E-state index contributed by atoms with van der Waals surface area (Å²) in [5.74, 6) is -0.300. The maximum atomic E-state index is 13.2. The number of likely N-dealkylation sites (tertiary alicyclic amines) is 1. The van der Waals surface area contributed by atoms with E-state index in [1.54, 1.807) is 4.90 Å². The van der Waals surface area contributed by atoms with Crippen molar-refractivity contribution in [3.63, 3.8) is 0 Å². The SMILES string of the molecule is C=C1c2cccc(Cl)c2C2(CCN(C(=O)/C=C/c3ccccc3C(F)(F)F)CC2)N1C. The van der Waals surface area contributed by atoms with Gasteiger partial charge >= 0.3 is 6.18 Å². The second-order valence-corrected chi connectivity index (χ2v) is 8.35. The van der Waals surface area contributed by atoms with Crippen molar-refractivity contribution in [2.45, 2.75) is 24.6 Å². The van der Waals surface area contributed by atoms with Crippen LogP contribution in [-0.4, -0.2) is 35.8 Å². The zero-order valence-electron chi connectivity index (χ0n) is 17.0. The van der Waals surface area contributed by atoms with Crippen molar-refractivity contribution in [2.24, 2.45) is 0 Å². The number of halogens is 4. The maximum absolute atomic E-state index is 13.2. The highest BCUT2D eigenvalue weighted by molar-refractivity contribution is 6.31. The van der Waals surface area contributed by atoms with Crippen LogP contribution in [0.2, 0.25) is 5.02 Å². The van der Waals surface area contributed by atoms with Gasteiger partial charge in [-0.15, -0.1) is 0 Å². The van der Waals surface area contributed by atoms with Crippen molar-refractivity contribution in [3.8, 4) is 0 Å². The number of fused-ring (bicyclic) bond motifs is 2. The molecule has 7 heteroatoms. The van der Waals surface area contributed by atoms with Crippen molar-refractivity contribution in [2.75, 3.05) is 20.1 Å². The van der Waals surface area contributed by atoms with Gasteiger partial charge in [-0.3, -0.25) is 4.79 Å². The molecule has 0 bridgehead atoms. The van der Waals surface area contributed by atoms with E-state index in [1.165, 1.54) is 30.4 Å². The molecule has 0 N–H and O–H groups in total. The minimum absolute atomic E-state index is 0.0237. The molecule has 4 rings (SSSR count). The van der Waals surface area contributed by atoms with Gasteiger partial charge in [-0.1, -0.05) is 48.5 Å². The Morgan fingerprint density at radius 1 is 1.13 bits per heavy atom. The van der Waals surface area contributed by atoms with Gasteiger partial charge in [0.05, 0.1) is 11.1 Å². The summed E-state index contributed by atoms with van der Waals surface area (Å²) >= 11 is 6.54. The van der Waals surface area contributed by atoms with Gasteiger partial charge in [-0.25, -0.2) is 0 Å². The Morgan fingerprint density at radius 3 is 2.48 bits per heavy atom. The number of hydrogen-bond acceptors (Lipinski definition) is 2. The lowest BCUT2D eigenvalue weighted by molar-refractivity contribution is -0.137. The number of rotatable bonds is 2. The fourth-order valence-corrected chi connectivity index (χ4v) is 5.04. The lowest BCUT2D eigenvalue weighted by atomic mass is 9.81. The van der Waals surface area contributed by atoms with Crippen molar-refractivity contribution < 1.29 is 18.0 Å². The van der Waals surface area contributed by atoms with Crippen molar-refractivity contribution in [1.29, 1.82) is 0 Å². The zero-order valence-corrected chi connectivity index (χ0v) is 17.8. The van der Waals surface area contributed by atoms with E-state index in [0.29, 0.717) is 31.0 Å². The number of hydrogen-bond donors (Lipinski definition) is 0. The Bertz CT molecular complexity index is 1070. The van der Waals surface area contributed by atoms with Crippen LogP contribution >= 0.6 is 11.6 Å². The van der Waals surface area contributed by atoms with Gasteiger partial charge in [0, 0.05) is 48.1 Å². The third kappa shape index (κ3) is 3.63. The van der Waals surface area contributed by atoms with E-state index in [-0.39, 0.29) is 17.0 Å². The minimum atomic E-state index is -4.47. The fraction of sp³-hybridized carbons (Fsp3) is 0.292. The molecule has 31 heavy (non-hydrogen) atoms. The molecule has 0 atom stereocenters. The zero-order chi connectivity index (χ0) is 22.4. The molecule has 0 saturated carbocycles. The molecule has 1 saturated heterocycles. The third-order valence-electron chi connectivity index (χ3n) is 6.41. The number of carbonyl (C=O) groups excluding carboxylic acids is 1. The van der Waals surface area contributed by atoms with Crippen LogP contribution in [0.25, 0.3) is 11.8 Å². The molecule has 1 amide bonds. The van der Waals surface area contributed by atoms with E-state index in [9.17, 15) is 18.0 Å². The van der Waals surface area contributed by atoms with Crippen LogP contribution < -0.4 is 0 Å². The smallest absolute Gasteiger partial charge is 0.365 e. The lowest BCUT2D eigenvalue weighted by Gasteiger charge is -2.45. The van der Waals surface area contributed by atoms with Gasteiger partial charge in [-0.2, -0.15) is 13.2 Å². The summed E-state index contributed by atoms with van der Waals surface area (Å²) in [5.41, 5.74) is 1.87. The predicted molar refractivity (Wildman–Crippen MR) is 116 cm³/mol. The molecule has 2 aliphatic rings. The summed E-state index contributed by atoms with van der Waals surface area (Å²) in [5, 5.41) is 0.687. The molecule has 2 aromatic rings. The summed E-state index contributed by atoms with van der Waals surface area (Å²) in [7, 11) is 1.99. The Labute approximate surface area is 184 Å². The van der Waals surface area contributed by atoms with Gasteiger partial charge in [0.15, 0.2) is 0 Å². The maximum Gasteiger partial charge on any atom is 0.416 e. The number of carbonyl (C=O) groups is 1. The van der Waals surface area contributed by atoms with Crippen LogP contribution in [0.5, 0.6) is 0 Å². The number of benzene rings is 2. The van der Waals surface area contributed by atoms with Crippen molar-refractivity contribution in [1.82, 2.24) is 9.80 Å². The Morgan fingerprint density at radius 2 is 1.81 bits per heavy atom. The molecule has 2 aromatic carbocycles. The first-order chi connectivity index (χ1) is 14.6. The van der Waals surface area contributed by atoms with Gasteiger partial charge in [0.1, 0.15) is 0 Å². The summed E-state index contributed by atoms with van der Waals surface area (Å²) in [6.45, 7) is 5.15. The van der Waals surface area contributed by atoms with Gasteiger partial charge < -0.3 is 9.80 Å². The predicted octanol–water partition coefficient (Wildman–Crippen LogP) is 5.81. The molecule has 0 radical (unpaired) electrons. The standard InChI is InChI=1S/C24H22ClF3N2O/c1-16-18-7-5-9-20(25)22(18)23(29(16)2)12-14-30(15-13-23)21(31)11-10-17-6-3-4-8-19(17)24(26,27)28/h3-11H,1,12-15H2,2H3/b11-10+. The quantitative estimate of drug-likeness (QED) is 0.544. The molecule has 162 valence electrons. The van der Waals surface area contributed by atoms with Gasteiger partial charge in [0.2, 0.25) is 5.91 Å². The largest absolute Gasteiger partial charge is 0.416 e. The Hall–Kier alpha value is -2.73. The van der Waals surface area contributed by atoms with E-state index in [4.69, 9.17) is 11.6 Å². The summed E-state index contributed by atoms with van der Waals surface area (Å²) < 4.78 is 39.5. The monoisotopic (exact) mass is 446 g/mol. The Kier molecular flexibility index (Phi) is 5.38. The van der Waals surface area contributed by atoms with E-state index in [1.807, 2.05) is 25.2 Å². The van der Waals surface area contributed by atoms with Gasteiger partial charge in [0.25, 0.3) is 0 Å². The lowest BCUT2D eigenvalue weighted by Crippen LogP contribution is -2.49. The number of alkyl halides is 3. The second-order valence-electron chi connectivity index (χ2n) is 7.94. The normalized spacial score (nSPS) is 18.2. The molecule has 1 fully saturated rings. The molecule has 2 heterocycles. The molecule has 1 spiro atoms. The first kappa shape index (κ1) is 21.5. The number of nitrogens with zero attached hydrogens (tertiary/aromatic N) is 2. The molecule has 3 nitrogen and oxygen atoms in total. The average Bonchev–Trinajstić information content (AvgIpc) is 2.95. The molecule has 0 aromatic heterocycles. The molecule has 2 aliphatic heterocycles. The van der Waals surface area contributed by atoms with Gasteiger partial charge in [-0.05, 0) is 36.6 Å². The van der Waals surface area contributed by atoms with Crippen LogP contribution in [0, 0.1) is 0 Å². The molecule has 0 unspecified atom stereocenters. The molecular formula is C24H22ClF3N2O. The second kappa shape index (κ2) is 7.75. The number of piperidine rings is 1. The van der Waals surface area contributed by atoms with E-state index >= 15 is 0 Å². The first-order valence-electron chi connectivity index (χ1n) is 10.0. The molecule has 0 aliphatic carbocycles. The van der Waals surface area contributed by atoms with E-state index in [2.05, 4.69) is 11.5 Å². The summed E-state index contributed by atoms with van der Waals surface area (Å²) in [6.07, 6.45) is -0.675. The highest BCUT2D eigenvalue weighted by Gasteiger charge is 2.48. The van der Waals surface area contributed by atoms with Crippen LogP contribution in [0.1, 0.15) is 35.1 Å². The number of amides is 1. The minimum Gasteiger partial charge on any atom is -0.365 e. The topological polar surface area (TPSA) is 23.6 Å². The third-order valence-corrected chi connectivity index (χ3v) is 6.73. The molecular weight excluding hydrogens is 425 g/mol. The van der Waals surface area contributed by atoms with Crippen LogP contribution in [0.15, 0.2) is 55.1 Å². The van der Waals surface area contributed by atoms with Crippen LogP contribution in [0.4, 0.5) is 13.2 Å². The fourth-order valence-electron chi connectivity index (χ4n) is 4.69. The Balaban J connectivity index is 1.51. The highest BCUT2D eigenvalue weighted by Crippen LogP contribution is 2.52. The summed E-state index contributed by atoms with van der Waals surface area (Å²) in [6, 6.07) is 11.0. The van der Waals surface area contributed by atoms with E-state index < -0.39 is 11.7 Å². The average molecular weight is 447 g/mol. The van der Waals surface area contributed by atoms with Crippen molar-refractivity contribution >= 4 is 29.3 Å².